The Bertz CT molecular complexity index is 340. The van der Waals surface area contributed by atoms with Crippen LogP contribution in [0.3, 0.4) is 0 Å². The average Bonchev–Trinajstić information content (AvgIpc) is 2.25. The summed E-state index contributed by atoms with van der Waals surface area (Å²) < 4.78 is 5.51. The third-order valence-corrected chi connectivity index (χ3v) is 2.07. The second-order valence-electron chi connectivity index (χ2n) is 3.57. The number of hydrogen-bond acceptors (Lipinski definition) is 3. The maximum Gasteiger partial charge on any atom is 0.234 e. The molecule has 0 fully saturated rings. The highest BCUT2D eigenvalue weighted by Gasteiger charge is 1.99. The van der Waals surface area contributed by atoms with Crippen LogP contribution in [0.4, 0.5) is 0 Å². The van der Waals surface area contributed by atoms with E-state index >= 15 is 0 Å². The van der Waals surface area contributed by atoms with Gasteiger partial charge in [0.05, 0.1) is 6.61 Å². The Kier molecular flexibility index (Phi) is 5.36. The molecule has 1 amide bonds. The lowest BCUT2D eigenvalue weighted by Gasteiger charge is -2.06. The van der Waals surface area contributed by atoms with Gasteiger partial charge in [0.15, 0.2) is 0 Å². The van der Waals surface area contributed by atoms with Crippen molar-refractivity contribution >= 4 is 5.91 Å². The van der Waals surface area contributed by atoms with Gasteiger partial charge in [-0.05, 0) is 31.0 Å². The topological polar surface area (TPSA) is 50.4 Å². The second-order valence-corrected chi connectivity index (χ2v) is 3.57. The van der Waals surface area contributed by atoms with Gasteiger partial charge < -0.3 is 4.74 Å². The molecular formula is C12H18N2O2. The molecule has 4 heteroatoms. The summed E-state index contributed by atoms with van der Waals surface area (Å²) in [5.74, 6) is 0.837. The minimum atomic E-state index is -0.0182. The minimum Gasteiger partial charge on any atom is -0.494 e. The number of rotatable bonds is 6. The molecule has 88 valence electrons. The zero-order valence-corrected chi connectivity index (χ0v) is 9.75. The lowest BCUT2D eigenvalue weighted by Crippen LogP contribution is -2.34. The van der Waals surface area contributed by atoms with Crippen LogP contribution in [-0.2, 0) is 4.79 Å². The van der Waals surface area contributed by atoms with Gasteiger partial charge in [-0.3, -0.25) is 10.2 Å². The van der Waals surface area contributed by atoms with Gasteiger partial charge in [-0.1, -0.05) is 12.1 Å². The van der Waals surface area contributed by atoms with Crippen molar-refractivity contribution in [2.45, 2.75) is 19.8 Å². The SMILES string of the molecule is CNNC(=O)CCCOc1cccc(C)c1. The summed E-state index contributed by atoms with van der Waals surface area (Å²) in [4.78, 5) is 11.1. The molecule has 1 aromatic rings. The van der Waals surface area contributed by atoms with Crippen molar-refractivity contribution in [1.82, 2.24) is 10.9 Å². The van der Waals surface area contributed by atoms with Crippen molar-refractivity contribution in [2.24, 2.45) is 0 Å². The fraction of sp³-hybridized carbons (Fsp3) is 0.417. The van der Waals surface area contributed by atoms with E-state index < -0.39 is 0 Å². The van der Waals surface area contributed by atoms with Gasteiger partial charge in [0.25, 0.3) is 0 Å². The maximum absolute atomic E-state index is 11.1. The highest BCUT2D eigenvalue weighted by atomic mass is 16.5. The summed E-state index contributed by atoms with van der Waals surface area (Å²) in [5.41, 5.74) is 6.27. The number of aryl methyl sites for hydroxylation is 1. The first kappa shape index (κ1) is 12.5. The van der Waals surface area contributed by atoms with Crippen molar-refractivity contribution < 1.29 is 9.53 Å². The smallest absolute Gasteiger partial charge is 0.234 e. The molecule has 0 aliphatic rings. The maximum atomic E-state index is 11.1. The number of benzene rings is 1. The number of hydrazine groups is 1. The quantitative estimate of drug-likeness (QED) is 0.565. The largest absolute Gasteiger partial charge is 0.494 e. The van der Waals surface area contributed by atoms with Crippen LogP contribution >= 0.6 is 0 Å². The normalized spacial score (nSPS) is 9.88. The molecule has 0 atom stereocenters. The van der Waals surface area contributed by atoms with Gasteiger partial charge in [0.1, 0.15) is 5.75 Å². The second kappa shape index (κ2) is 6.85. The molecule has 16 heavy (non-hydrogen) atoms. The Morgan fingerprint density at radius 1 is 1.44 bits per heavy atom. The van der Waals surface area contributed by atoms with E-state index in [1.54, 1.807) is 7.05 Å². The molecule has 0 aliphatic carbocycles. The third-order valence-electron chi connectivity index (χ3n) is 2.07. The summed E-state index contributed by atoms with van der Waals surface area (Å²) in [6.45, 7) is 2.58. The lowest BCUT2D eigenvalue weighted by atomic mass is 10.2. The van der Waals surface area contributed by atoms with Gasteiger partial charge in [0, 0.05) is 13.5 Å². The van der Waals surface area contributed by atoms with Crippen molar-refractivity contribution in [2.75, 3.05) is 13.7 Å². The molecule has 4 nitrogen and oxygen atoms in total. The van der Waals surface area contributed by atoms with Crippen LogP contribution in [0.5, 0.6) is 5.75 Å². The van der Waals surface area contributed by atoms with Gasteiger partial charge in [-0.15, -0.1) is 0 Å². The first-order valence-electron chi connectivity index (χ1n) is 5.37. The fourth-order valence-electron chi connectivity index (χ4n) is 1.33. The van der Waals surface area contributed by atoms with Crippen LogP contribution in [0.25, 0.3) is 0 Å². The summed E-state index contributed by atoms with van der Waals surface area (Å²) in [7, 11) is 1.67. The van der Waals surface area contributed by atoms with Crippen LogP contribution in [0.2, 0.25) is 0 Å². The number of carbonyl (C=O) groups excluding carboxylic acids is 1. The molecule has 0 heterocycles. The minimum absolute atomic E-state index is 0.0182. The molecule has 1 rings (SSSR count). The Balaban J connectivity index is 2.18. The monoisotopic (exact) mass is 222 g/mol. The van der Waals surface area contributed by atoms with E-state index in [1.807, 2.05) is 31.2 Å². The molecule has 0 saturated carbocycles. The molecule has 0 unspecified atom stereocenters. The van der Waals surface area contributed by atoms with Gasteiger partial charge in [-0.2, -0.15) is 0 Å². The van der Waals surface area contributed by atoms with E-state index in [0.717, 1.165) is 5.75 Å². The number of amides is 1. The van der Waals surface area contributed by atoms with Gasteiger partial charge in [-0.25, -0.2) is 5.43 Å². The number of hydrogen-bond donors (Lipinski definition) is 2. The Morgan fingerprint density at radius 2 is 2.25 bits per heavy atom. The van der Waals surface area contributed by atoms with Crippen molar-refractivity contribution in [3.05, 3.63) is 29.8 Å². The van der Waals surface area contributed by atoms with Gasteiger partial charge >= 0.3 is 0 Å². The lowest BCUT2D eigenvalue weighted by molar-refractivity contribution is -0.122. The summed E-state index contributed by atoms with van der Waals surface area (Å²) in [6, 6.07) is 7.87. The van der Waals surface area contributed by atoms with E-state index in [1.165, 1.54) is 5.56 Å². The Labute approximate surface area is 96.0 Å². The average molecular weight is 222 g/mol. The van der Waals surface area contributed by atoms with E-state index in [0.29, 0.717) is 19.4 Å². The standard InChI is InChI=1S/C12H18N2O2/c1-10-5-3-6-11(9-10)16-8-4-7-12(15)14-13-2/h3,5-6,9,13H,4,7-8H2,1-2H3,(H,14,15). The zero-order chi connectivity index (χ0) is 11.8. The molecule has 0 aliphatic heterocycles. The van der Waals surface area contributed by atoms with Crippen LogP contribution in [0.15, 0.2) is 24.3 Å². The number of ether oxygens (including phenoxy) is 1. The third kappa shape index (κ3) is 4.79. The summed E-state index contributed by atoms with van der Waals surface area (Å²) in [6.07, 6.45) is 1.17. The van der Waals surface area contributed by atoms with Crippen LogP contribution in [0.1, 0.15) is 18.4 Å². The molecule has 0 radical (unpaired) electrons. The van der Waals surface area contributed by atoms with Crippen molar-refractivity contribution in [3.63, 3.8) is 0 Å². The van der Waals surface area contributed by atoms with E-state index in [2.05, 4.69) is 10.9 Å². The molecule has 0 aromatic heterocycles. The van der Waals surface area contributed by atoms with Gasteiger partial charge in [0.2, 0.25) is 5.91 Å². The molecule has 0 bridgehead atoms. The fourth-order valence-corrected chi connectivity index (χ4v) is 1.33. The molecule has 2 N–H and O–H groups in total. The predicted molar refractivity (Wildman–Crippen MR) is 63.1 cm³/mol. The van der Waals surface area contributed by atoms with Crippen LogP contribution in [-0.4, -0.2) is 19.6 Å². The van der Waals surface area contributed by atoms with Crippen molar-refractivity contribution in [1.29, 1.82) is 0 Å². The zero-order valence-electron chi connectivity index (χ0n) is 9.75. The van der Waals surface area contributed by atoms with Crippen LogP contribution in [0, 0.1) is 6.92 Å². The van der Waals surface area contributed by atoms with Crippen LogP contribution < -0.4 is 15.6 Å². The Morgan fingerprint density at radius 3 is 2.94 bits per heavy atom. The van der Waals surface area contributed by atoms with E-state index in [4.69, 9.17) is 4.74 Å². The van der Waals surface area contributed by atoms with E-state index in [9.17, 15) is 4.79 Å². The molecule has 0 saturated heterocycles. The molecule has 1 aromatic carbocycles. The van der Waals surface area contributed by atoms with Crippen molar-refractivity contribution in [3.8, 4) is 5.75 Å². The summed E-state index contributed by atoms with van der Waals surface area (Å²) >= 11 is 0. The molecule has 0 spiro atoms. The predicted octanol–water partition coefficient (Wildman–Crippen LogP) is 1.40. The summed E-state index contributed by atoms with van der Waals surface area (Å²) in [5, 5.41) is 0. The molecular weight excluding hydrogens is 204 g/mol. The number of nitrogens with one attached hydrogen (secondary N) is 2. The number of carbonyl (C=O) groups is 1. The van der Waals surface area contributed by atoms with E-state index in [-0.39, 0.29) is 5.91 Å². The Hall–Kier alpha value is -1.55. The highest BCUT2D eigenvalue weighted by Crippen LogP contribution is 2.12. The first-order valence-corrected chi connectivity index (χ1v) is 5.37. The highest BCUT2D eigenvalue weighted by molar-refractivity contribution is 5.75. The first-order chi connectivity index (χ1) is 7.72.